The number of amides is 1. The van der Waals surface area contributed by atoms with Gasteiger partial charge in [-0.1, -0.05) is 6.92 Å². The maximum Gasteiger partial charge on any atom is 0.306 e. The Balaban J connectivity index is 2.84. The van der Waals surface area contributed by atoms with Crippen LogP contribution in [0.1, 0.15) is 36.0 Å². The number of hydrogen-bond donors (Lipinski definition) is 2. The van der Waals surface area contributed by atoms with Crippen LogP contribution in [0.3, 0.4) is 0 Å². The Morgan fingerprint density at radius 3 is 2.83 bits per heavy atom. The van der Waals surface area contributed by atoms with E-state index in [2.05, 4.69) is 10.2 Å². The lowest BCUT2D eigenvalue weighted by molar-refractivity contribution is 0.0951. The van der Waals surface area contributed by atoms with Crippen molar-refractivity contribution in [2.45, 2.75) is 19.4 Å². The molecule has 3 N–H and O–H groups in total. The number of nitrogens with zero attached hydrogens (tertiary/aromatic N) is 2. The lowest BCUT2D eigenvalue weighted by Gasteiger charge is -1.98. The van der Waals surface area contributed by atoms with Gasteiger partial charge < -0.3 is 15.3 Å². The van der Waals surface area contributed by atoms with Gasteiger partial charge in [-0.15, -0.1) is 10.2 Å². The van der Waals surface area contributed by atoms with Crippen molar-refractivity contribution in [2.75, 3.05) is 0 Å². The highest BCUT2D eigenvalue weighted by Crippen LogP contribution is 2.13. The van der Waals surface area contributed by atoms with Crippen LogP contribution in [0, 0.1) is 0 Å². The van der Waals surface area contributed by atoms with E-state index >= 15 is 0 Å². The topological polar surface area (TPSA) is 102 Å². The largest absolute Gasteiger partial charge is 0.414 e. The van der Waals surface area contributed by atoms with Gasteiger partial charge in [-0.25, -0.2) is 0 Å². The summed E-state index contributed by atoms with van der Waals surface area (Å²) in [6.45, 7) is 1.75. The SMILES string of the molecule is CCC(O)c1nnc(C(N)=O)o1. The van der Waals surface area contributed by atoms with Gasteiger partial charge in [0.05, 0.1) is 0 Å². The van der Waals surface area contributed by atoms with Crippen LogP contribution >= 0.6 is 0 Å². The van der Waals surface area contributed by atoms with Crippen molar-refractivity contribution in [2.24, 2.45) is 5.73 Å². The molecular weight excluding hydrogens is 162 g/mol. The van der Waals surface area contributed by atoms with E-state index in [0.29, 0.717) is 6.42 Å². The maximum absolute atomic E-state index is 10.5. The molecule has 0 aliphatic heterocycles. The lowest BCUT2D eigenvalue weighted by Crippen LogP contribution is -2.11. The summed E-state index contributed by atoms with van der Waals surface area (Å²) in [4.78, 5) is 10.5. The standard InChI is InChI=1S/C6H9N3O3/c1-2-3(10)5-8-9-6(12-5)4(7)11/h3,10H,2H2,1H3,(H2,7,11). The van der Waals surface area contributed by atoms with E-state index in [1.165, 1.54) is 0 Å². The van der Waals surface area contributed by atoms with E-state index < -0.39 is 12.0 Å². The minimum atomic E-state index is -0.828. The van der Waals surface area contributed by atoms with Crippen molar-refractivity contribution >= 4 is 5.91 Å². The first-order valence-corrected chi connectivity index (χ1v) is 3.46. The van der Waals surface area contributed by atoms with Gasteiger partial charge in [-0.05, 0) is 6.42 Å². The number of aromatic nitrogens is 2. The summed E-state index contributed by atoms with van der Waals surface area (Å²) in [5.41, 5.74) is 4.85. The lowest BCUT2D eigenvalue weighted by atomic mass is 10.3. The molecule has 0 aromatic carbocycles. The zero-order valence-electron chi connectivity index (χ0n) is 6.52. The summed E-state index contributed by atoms with van der Waals surface area (Å²) in [5.74, 6) is -1.05. The van der Waals surface area contributed by atoms with E-state index in [4.69, 9.17) is 10.2 Å². The molecule has 1 aromatic rings. The highest BCUT2D eigenvalue weighted by atomic mass is 16.4. The van der Waals surface area contributed by atoms with Crippen LogP contribution in [-0.4, -0.2) is 21.2 Å². The van der Waals surface area contributed by atoms with Crippen LogP contribution in [-0.2, 0) is 0 Å². The van der Waals surface area contributed by atoms with Crippen molar-refractivity contribution in [3.05, 3.63) is 11.8 Å². The molecule has 6 heteroatoms. The predicted molar refractivity (Wildman–Crippen MR) is 38.1 cm³/mol. The summed E-state index contributed by atoms with van der Waals surface area (Å²) >= 11 is 0. The highest BCUT2D eigenvalue weighted by molar-refractivity contribution is 5.87. The third kappa shape index (κ3) is 1.59. The fourth-order valence-corrected chi connectivity index (χ4v) is 0.643. The minimum absolute atomic E-state index is 0.0197. The zero-order chi connectivity index (χ0) is 9.14. The average Bonchev–Trinajstić information content (AvgIpc) is 2.51. The molecule has 6 nitrogen and oxygen atoms in total. The number of aliphatic hydroxyl groups is 1. The number of hydrogen-bond acceptors (Lipinski definition) is 5. The Hall–Kier alpha value is -1.43. The second kappa shape index (κ2) is 3.31. The van der Waals surface area contributed by atoms with E-state index in [1.807, 2.05) is 0 Å². The first-order chi connectivity index (χ1) is 5.65. The van der Waals surface area contributed by atoms with Crippen molar-refractivity contribution in [1.29, 1.82) is 0 Å². The van der Waals surface area contributed by atoms with Crippen LogP contribution in [0.25, 0.3) is 0 Å². The maximum atomic E-state index is 10.5. The molecule has 0 saturated carbocycles. The molecule has 1 amide bonds. The molecule has 1 heterocycles. The zero-order valence-corrected chi connectivity index (χ0v) is 6.52. The van der Waals surface area contributed by atoms with Crippen molar-refractivity contribution in [3.63, 3.8) is 0 Å². The number of nitrogens with two attached hydrogens (primary N) is 1. The Morgan fingerprint density at radius 2 is 2.42 bits per heavy atom. The first-order valence-electron chi connectivity index (χ1n) is 3.46. The van der Waals surface area contributed by atoms with E-state index in [-0.39, 0.29) is 11.8 Å². The molecule has 0 fully saturated rings. The van der Waals surface area contributed by atoms with Crippen LogP contribution in [0.15, 0.2) is 4.42 Å². The molecule has 0 spiro atoms. The van der Waals surface area contributed by atoms with Gasteiger partial charge >= 0.3 is 11.8 Å². The quantitative estimate of drug-likeness (QED) is 0.644. The van der Waals surface area contributed by atoms with Gasteiger partial charge in [0.25, 0.3) is 0 Å². The highest BCUT2D eigenvalue weighted by Gasteiger charge is 2.15. The normalized spacial score (nSPS) is 12.8. The second-order valence-corrected chi connectivity index (χ2v) is 2.23. The second-order valence-electron chi connectivity index (χ2n) is 2.23. The molecule has 1 unspecified atom stereocenters. The first kappa shape index (κ1) is 8.66. The molecule has 0 aliphatic carbocycles. The molecule has 1 rings (SSSR count). The molecule has 1 atom stereocenters. The number of carbonyl (C=O) groups excluding carboxylic acids is 1. The van der Waals surface area contributed by atoms with Crippen LogP contribution in [0.2, 0.25) is 0 Å². The number of primary amides is 1. The van der Waals surface area contributed by atoms with E-state index in [0.717, 1.165) is 0 Å². The molecule has 1 aromatic heterocycles. The van der Waals surface area contributed by atoms with Crippen molar-refractivity contribution in [3.8, 4) is 0 Å². The fourth-order valence-electron chi connectivity index (χ4n) is 0.643. The predicted octanol–water partition coefficient (Wildman–Crippen LogP) is -0.388. The summed E-state index contributed by atoms with van der Waals surface area (Å²) in [6, 6.07) is 0. The smallest absolute Gasteiger partial charge is 0.306 e. The van der Waals surface area contributed by atoms with Gasteiger partial charge in [-0.3, -0.25) is 4.79 Å². The monoisotopic (exact) mass is 171 g/mol. The van der Waals surface area contributed by atoms with Crippen molar-refractivity contribution in [1.82, 2.24) is 10.2 Å². The Bertz CT molecular complexity index is 283. The Kier molecular flexibility index (Phi) is 2.39. The molecule has 0 saturated heterocycles. The van der Waals surface area contributed by atoms with Gasteiger partial charge in [0, 0.05) is 0 Å². The van der Waals surface area contributed by atoms with Crippen LogP contribution in [0.5, 0.6) is 0 Å². The van der Waals surface area contributed by atoms with Gasteiger partial charge in [0.15, 0.2) is 0 Å². The Morgan fingerprint density at radius 1 is 1.75 bits per heavy atom. The number of aliphatic hydroxyl groups excluding tert-OH is 1. The van der Waals surface area contributed by atoms with Gasteiger partial charge in [0.1, 0.15) is 6.10 Å². The summed E-state index contributed by atoms with van der Waals surface area (Å²) < 4.78 is 4.75. The van der Waals surface area contributed by atoms with Crippen LogP contribution < -0.4 is 5.73 Å². The van der Waals surface area contributed by atoms with Gasteiger partial charge in [-0.2, -0.15) is 0 Å². The van der Waals surface area contributed by atoms with E-state index in [9.17, 15) is 9.90 Å². The fraction of sp³-hybridized carbons (Fsp3) is 0.500. The molecule has 0 aliphatic rings. The summed E-state index contributed by atoms with van der Waals surface area (Å²) in [5, 5.41) is 16.0. The average molecular weight is 171 g/mol. The number of carbonyl (C=O) groups is 1. The van der Waals surface area contributed by atoms with E-state index in [1.54, 1.807) is 6.92 Å². The molecule has 66 valence electrons. The number of rotatable bonds is 3. The van der Waals surface area contributed by atoms with Crippen LogP contribution in [0.4, 0.5) is 0 Å². The Labute approximate surface area is 68.4 Å². The third-order valence-corrected chi connectivity index (χ3v) is 1.32. The minimum Gasteiger partial charge on any atom is -0.414 e. The molecule has 0 bridgehead atoms. The van der Waals surface area contributed by atoms with Crippen molar-refractivity contribution < 1.29 is 14.3 Å². The molecule has 12 heavy (non-hydrogen) atoms. The summed E-state index contributed by atoms with van der Waals surface area (Å²) in [6.07, 6.45) is -0.383. The molecular formula is C6H9N3O3. The molecule has 0 radical (unpaired) electrons. The summed E-state index contributed by atoms with van der Waals surface area (Å²) in [7, 11) is 0. The van der Waals surface area contributed by atoms with Gasteiger partial charge in [0.2, 0.25) is 5.89 Å². The third-order valence-electron chi connectivity index (χ3n) is 1.32.